The monoisotopic (exact) mass is 136 g/mol. The van der Waals surface area contributed by atoms with Crippen molar-refractivity contribution in [3.63, 3.8) is 0 Å². The summed E-state index contributed by atoms with van der Waals surface area (Å²) in [6.07, 6.45) is 9.13. The van der Waals surface area contributed by atoms with Crippen LogP contribution in [0.2, 0.25) is 0 Å². The van der Waals surface area contributed by atoms with Gasteiger partial charge in [0.2, 0.25) is 0 Å². The maximum atomic E-state index is 5.16. The van der Waals surface area contributed by atoms with E-state index in [9.17, 15) is 0 Å². The first-order valence-electron chi connectivity index (χ1n) is 3.41. The standard InChI is InChI=1S/C9H12O/c1-8-6-4-3-5-7-9(8)10-2/h3-6H,7H2,1-2H3. The molecule has 0 aliphatic heterocycles. The van der Waals surface area contributed by atoms with Gasteiger partial charge in [-0.15, -0.1) is 0 Å². The van der Waals surface area contributed by atoms with Crippen LogP contribution in [0, 0.1) is 0 Å². The van der Waals surface area contributed by atoms with E-state index in [1.165, 1.54) is 5.57 Å². The van der Waals surface area contributed by atoms with Crippen LogP contribution in [0.5, 0.6) is 0 Å². The van der Waals surface area contributed by atoms with Gasteiger partial charge in [0.25, 0.3) is 0 Å². The van der Waals surface area contributed by atoms with Gasteiger partial charge in [-0.2, -0.15) is 0 Å². The Morgan fingerprint density at radius 2 is 2.20 bits per heavy atom. The molecule has 1 aliphatic rings. The average Bonchev–Trinajstić information content (AvgIpc) is 2.13. The maximum Gasteiger partial charge on any atom is 0.102 e. The van der Waals surface area contributed by atoms with Crippen LogP contribution in [-0.2, 0) is 4.74 Å². The minimum Gasteiger partial charge on any atom is -0.501 e. The van der Waals surface area contributed by atoms with Crippen LogP contribution in [0.1, 0.15) is 13.3 Å². The van der Waals surface area contributed by atoms with Gasteiger partial charge in [-0.25, -0.2) is 0 Å². The minimum absolute atomic E-state index is 0.912. The van der Waals surface area contributed by atoms with Gasteiger partial charge in [-0.1, -0.05) is 24.3 Å². The molecule has 0 saturated heterocycles. The summed E-state index contributed by atoms with van der Waals surface area (Å²) in [5, 5.41) is 0. The number of hydrogen-bond acceptors (Lipinski definition) is 1. The van der Waals surface area contributed by atoms with Gasteiger partial charge in [-0.3, -0.25) is 0 Å². The van der Waals surface area contributed by atoms with Gasteiger partial charge in [0.05, 0.1) is 7.11 Å². The van der Waals surface area contributed by atoms with Crippen LogP contribution < -0.4 is 0 Å². The molecule has 0 fully saturated rings. The Hall–Kier alpha value is -0.980. The molecule has 0 aromatic rings. The second-order valence-corrected chi connectivity index (χ2v) is 2.30. The summed E-state index contributed by atoms with van der Waals surface area (Å²) in [4.78, 5) is 0. The molecule has 0 aromatic carbocycles. The molecule has 0 aromatic heterocycles. The van der Waals surface area contributed by atoms with Crippen molar-refractivity contribution in [2.24, 2.45) is 0 Å². The molecule has 0 radical (unpaired) electrons. The van der Waals surface area contributed by atoms with Crippen LogP contribution in [-0.4, -0.2) is 7.11 Å². The van der Waals surface area contributed by atoms with Gasteiger partial charge < -0.3 is 4.74 Å². The van der Waals surface area contributed by atoms with E-state index in [-0.39, 0.29) is 0 Å². The molecular weight excluding hydrogens is 124 g/mol. The van der Waals surface area contributed by atoms with Crippen molar-refractivity contribution in [3.05, 3.63) is 35.6 Å². The Balaban J connectivity index is 2.82. The second-order valence-electron chi connectivity index (χ2n) is 2.30. The lowest BCUT2D eigenvalue weighted by Gasteiger charge is -2.03. The largest absolute Gasteiger partial charge is 0.501 e. The Labute approximate surface area is 61.7 Å². The first kappa shape index (κ1) is 7.13. The average molecular weight is 136 g/mol. The highest BCUT2D eigenvalue weighted by Gasteiger charge is 1.98. The molecule has 0 saturated carbocycles. The fourth-order valence-corrected chi connectivity index (χ4v) is 0.952. The van der Waals surface area contributed by atoms with E-state index in [1.807, 2.05) is 12.2 Å². The molecule has 1 nitrogen and oxygen atoms in total. The number of rotatable bonds is 1. The first-order valence-corrected chi connectivity index (χ1v) is 3.41. The maximum absolute atomic E-state index is 5.16. The number of ether oxygens (including phenoxy) is 1. The van der Waals surface area contributed by atoms with Crippen molar-refractivity contribution >= 4 is 0 Å². The fraction of sp³-hybridized carbons (Fsp3) is 0.333. The van der Waals surface area contributed by atoms with Gasteiger partial charge in [-0.05, 0) is 12.5 Å². The predicted molar refractivity (Wildman–Crippen MR) is 42.6 cm³/mol. The van der Waals surface area contributed by atoms with Crippen molar-refractivity contribution in [2.45, 2.75) is 13.3 Å². The van der Waals surface area contributed by atoms with Crippen LogP contribution in [0.25, 0.3) is 0 Å². The molecule has 0 spiro atoms. The van der Waals surface area contributed by atoms with E-state index in [0.717, 1.165) is 12.2 Å². The van der Waals surface area contributed by atoms with Crippen LogP contribution in [0.3, 0.4) is 0 Å². The third kappa shape index (κ3) is 1.50. The molecule has 0 bridgehead atoms. The van der Waals surface area contributed by atoms with Gasteiger partial charge in [0.15, 0.2) is 0 Å². The summed E-state index contributed by atoms with van der Waals surface area (Å²) in [5.74, 6) is 1.06. The summed E-state index contributed by atoms with van der Waals surface area (Å²) >= 11 is 0. The van der Waals surface area contributed by atoms with E-state index in [4.69, 9.17) is 4.74 Å². The quantitative estimate of drug-likeness (QED) is 0.538. The van der Waals surface area contributed by atoms with E-state index in [1.54, 1.807) is 7.11 Å². The molecule has 0 N–H and O–H groups in total. The van der Waals surface area contributed by atoms with Crippen LogP contribution >= 0.6 is 0 Å². The van der Waals surface area contributed by atoms with E-state index >= 15 is 0 Å². The molecule has 0 atom stereocenters. The highest BCUT2D eigenvalue weighted by Crippen LogP contribution is 2.13. The third-order valence-electron chi connectivity index (χ3n) is 1.58. The summed E-state index contributed by atoms with van der Waals surface area (Å²) in [5.41, 5.74) is 1.22. The molecule has 0 unspecified atom stereocenters. The highest BCUT2D eigenvalue weighted by molar-refractivity contribution is 5.27. The van der Waals surface area contributed by atoms with E-state index in [2.05, 4.69) is 19.1 Å². The van der Waals surface area contributed by atoms with Crippen molar-refractivity contribution in [3.8, 4) is 0 Å². The van der Waals surface area contributed by atoms with E-state index in [0.29, 0.717) is 0 Å². The normalized spacial score (nSPS) is 17.4. The number of allylic oxidation sites excluding steroid dienone is 5. The topological polar surface area (TPSA) is 9.23 Å². The molecule has 54 valence electrons. The lowest BCUT2D eigenvalue weighted by molar-refractivity contribution is 0.281. The first-order chi connectivity index (χ1) is 4.84. The molecule has 0 heterocycles. The summed E-state index contributed by atoms with van der Waals surface area (Å²) in [6.45, 7) is 2.06. The van der Waals surface area contributed by atoms with Gasteiger partial charge >= 0.3 is 0 Å². The fourth-order valence-electron chi connectivity index (χ4n) is 0.952. The number of hydrogen-bond donors (Lipinski definition) is 0. The van der Waals surface area contributed by atoms with Gasteiger partial charge in [0, 0.05) is 6.42 Å². The number of methoxy groups -OCH3 is 1. The molecule has 10 heavy (non-hydrogen) atoms. The zero-order valence-corrected chi connectivity index (χ0v) is 6.42. The molecule has 1 aliphatic carbocycles. The van der Waals surface area contributed by atoms with Crippen molar-refractivity contribution in [1.82, 2.24) is 0 Å². The van der Waals surface area contributed by atoms with Crippen LogP contribution in [0.4, 0.5) is 0 Å². The second kappa shape index (κ2) is 3.25. The molecule has 1 heteroatoms. The Morgan fingerprint density at radius 1 is 1.40 bits per heavy atom. The van der Waals surface area contributed by atoms with Crippen molar-refractivity contribution in [2.75, 3.05) is 7.11 Å². The van der Waals surface area contributed by atoms with Crippen LogP contribution in [0.15, 0.2) is 35.6 Å². The lowest BCUT2D eigenvalue weighted by Crippen LogP contribution is -1.87. The zero-order chi connectivity index (χ0) is 7.40. The summed E-state index contributed by atoms with van der Waals surface area (Å²) in [7, 11) is 1.71. The lowest BCUT2D eigenvalue weighted by atomic mass is 10.2. The SMILES string of the molecule is COC1=C(C)C=CC=CC1. The van der Waals surface area contributed by atoms with Crippen molar-refractivity contribution in [1.29, 1.82) is 0 Å². The molecule has 1 rings (SSSR count). The molecule has 0 amide bonds. The highest BCUT2D eigenvalue weighted by atomic mass is 16.5. The van der Waals surface area contributed by atoms with Gasteiger partial charge in [0.1, 0.15) is 5.76 Å². The predicted octanol–water partition coefficient (Wildman–Crippen LogP) is 2.42. The summed E-state index contributed by atoms with van der Waals surface area (Å²) < 4.78 is 5.16. The Bertz CT molecular complexity index is 197. The van der Waals surface area contributed by atoms with E-state index < -0.39 is 0 Å². The third-order valence-corrected chi connectivity index (χ3v) is 1.58. The zero-order valence-electron chi connectivity index (χ0n) is 6.42. The Kier molecular flexibility index (Phi) is 2.32. The minimum atomic E-state index is 0.912. The van der Waals surface area contributed by atoms with Crippen molar-refractivity contribution < 1.29 is 4.74 Å². The Morgan fingerprint density at radius 3 is 2.90 bits per heavy atom. The molecular formula is C9H12O. The smallest absolute Gasteiger partial charge is 0.102 e. The summed E-state index contributed by atoms with van der Waals surface area (Å²) in [6, 6.07) is 0.